The van der Waals surface area contributed by atoms with Crippen LogP contribution in [0.5, 0.6) is 0 Å². The molecule has 0 aromatic carbocycles. The third-order valence-electron chi connectivity index (χ3n) is 6.42. The molecule has 0 nitrogen and oxygen atoms in total. The van der Waals surface area contributed by atoms with E-state index < -0.39 is 0 Å². The van der Waals surface area contributed by atoms with E-state index in [0.29, 0.717) is 0 Å². The van der Waals surface area contributed by atoms with Gasteiger partial charge in [0.2, 0.25) is 0 Å². The zero-order chi connectivity index (χ0) is 21.8. The minimum Gasteiger partial charge on any atom is -0.103 e. The van der Waals surface area contributed by atoms with Crippen LogP contribution in [-0.2, 0) is 0 Å². The first-order valence-corrected chi connectivity index (χ1v) is 14.2. The highest BCUT2D eigenvalue weighted by Gasteiger charge is 1.95. The lowest BCUT2D eigenvalue weighted by molar-refractivity contribution is 0.520. The molecular formula is C30H58. The highest BCUT2D eigenvalue weighted by molar-refractivity contribution is 4.82. The summed E-state index contributed by atoms with van der Waals surface area (Å²) in [4.78, 5) is 0. The highest BCUT2D eigenvalue weighted by Crippen LogP contribution is 2.15. The van der Waals surface area contributed by atoms with E-state index >= 15 is 0 Å². The molecule has 0 fully saturated rings. The minimum absolute atomic E-state index is 1.16. The van der Waals surface area contributed by atoms with Crippen LogP contribution in [0.25, 0.3) is 0 Å². The summed E-state index contributed by atoms with van der Waals surface area (Å²) in [6.45, 7) is 6.07. The second kappa shape index (κ2) is 28.5. The maximum absolute atomic E-state index is 3.77. The normalized spacial score (nSPS) is 11.5. The van der Waals surface area contributed by atoms with Crippen molar-refractivity contribution < 1.29 is 0 Å². The van der Waals surface area contributed by atoms with Crippen LogP contribution in [0, 0.1) is 0 Å². The molecule has 30 heavy (non-hydrogen) atoms. The lowest BCUT2D eigenvalue weighted by Gasteiger charge is -2.04. The van der Waals surface area contributed by atoms with E-state index in [1.165, 1.54) is 154 Å². The molecule has 0 radical (unpaired) electrons. The minimum atomic E-state index is 1.16. The predicted molar refractivity (Wildman–Crippen MR) is 140 cm³/mol. The quantitative estimate of drug-likeness (QED) is 0.0967. The second-order valence-electron chi connectivity index (χ2n) is 9.55. The summed E-state index contributed by atoms with van der Waals surface area (Å²) < 4.78 is 0. The molecule has 0 heteroatoms. The molecule has 0 bridgehead atoms. The fraction of sp³-hybridized carbons (Fsp3) is 0.867. The van der Waals surface area contributed by atoms with Gasteiger partial charge in [-0.05, 0) is 32.1 Å². The highest BCUT2D eigenvalue weighted by atomic mass is 14.0. The van der Waals surface area contributed by atoms with E-state index in [2.05, 4.69) is 25.7 Å². The lowest BCUT2D eigenvalue weighted by Crippen LogP contribution is -1.84. The summed E-state index contributed by atoms with van der Waals surface area (Å²) in [5, 5.41) is 0. The number of allylic oxidation sites excluding steroid dienone is 3. The summed E-state index contributed by atoms with van der Waals surface area (Å²) in [7, 11) is 0. The third-order valence-corrected chi connectivity index (χ3v) is 6.42. The van der Waals surface area contributed by atoms with Crippen LogP contribution in [0.15, 0.2) is 24.8 Å². The Bertz CT molecular complexity index is 327. The van der Waals surface area contributed by atoms with Crippen molar-refractivity contribution in [1.29, 1.82) is 0 Å². The van der Waals surface area contributed by atoms with E-state index in [-0.39, 0.29) is 0 Å². The molecule has 0 rings (SSSR count). The van der Waals surface area contributed by atoms with Crippen molar-refractivity contribution in [3.05, 3.63) is 24.8 Å². The molecular weight excluding hydrogens is 360 g/mol. The second-order valence-corrected chi connectivity index (χ2v) is 9.55. The molecule has 0 aromatic heterocycles. The van der Waals surface area contributed by atoms with Crippen LogP contribution >= 0.6 is 0 Å². The van der Waals surface area contributed by atoms with Crippen molar-refractivity contribution in [3.8, 4) is 0 Å². The Morgan fingerprint density at radius 3 is 1.00 bits per heavy atom. The molecule has 0 aromatic rings. The standard InChI is InChI=1S/C30H58/c1-3-5-7-9-11-13-15-17-19-21-23-25-27-29-30-28-26-24-22-20-18-16-14-12-10-8-6-4-2/h3,11,13H,1,4-10,12,14-30H2,2H3. The molecule has 0 atom stereocenters. The van der Waals surface area contributed by atoms with Crippen molar-refractivity contribution in [3.63, 3.8) is 0 Å². The van der Waals surface area contributed by atoms with Crippen molar-refractivity contribution in [2.75, 3.05) is 0 Å². The molecule has 0 saturated carbocycles. The van der Waals surface area contributed by atoms with Crippen LogP contribution in [-0.4, -0.2) is 0 Å². The molecule has 0 aliphatic heterocycles. The van der Waals surface area contributed by atoms with E-state index in [1.54, 1.807) is 0 Å². The molecule has 0 unspecified atom stereocenters. The van der Waals surface area contributed by atoms with Gasteiger partial charge in [0.1, 0.15) is 0 Å². The Kier molecular flexibility index (Phi) is 28.0. The van der Waals surface area contributed by atoms with Gasteiger partial charge in [0.25, 0.3) is 0 Å². The summed E-state index contributed by atoms with van der Waals surface area (Å²) in [6.07, 6.45) is 42.4. The lowest BCUT2D eigenvalue weighted by atomic mass is 10.0. The number of hydrogen-bond acceptors (Lipinski definition) is 0. The number of rotatable bonds is 26. The maximum Gasteiger partial charge on any atom is -0.0348 e. The molecule has 0 aliphatic rings. The van der Waals surface area contributed by atoms with Gasteiger partial charge in [-0.1, -0.05) is 154 Å². The van der Waals surface area contributed by atoms with E-state index in [9.17, 15) is 0 Å². The SMILES string of the molecule is C=CCCCC=CCCCCCCCCCCCCCCCCCCCCCCC. The van der Waals surface area contributed by atoms with Gasteiger partial charge in [0.05, 0.1) is 0 Å². The van der Waals surface area contributed by atoms with Gasteiger partial charge in [0.15, 0.2) is 0 Å². The first kappa shape index (κ1) is 29.5. The zero-order valence-electron chi connectivity index (χ0n) is 21.1. The van der Waals surface area contributed by atoms with Crippen LogP contribution in [0.1, 0.15) is 167 Å². The average molecular weight is 419 g/mol. The first-order chi connectivity index (χ1) is 14.9. The predicted octanol–water partition coefficient (Wildman–Crippen LogP) is 11.5. The number of hydrogen-bond donors (Lipinski definition) is 0. The molecule has 0 saturated heterocycles. The molecule has 178 valence electrons. The summed E-state index contributed by atoms with van der Waals surface area (Å²) in [6, 6.07) is 0. The van der Waals surface area contributed by atoms with Gasteiger partial charge in [-0.15, -0.1) is 6.58 Å². The van der Waals surface area contributed by atoms with E-state index in [1.807, 2.05) is 6.08 Å². The smallest absolute Gasteiger partial charge is 0.0348 e. The Balaban J connectivity index is 3.02. The van der Waals surface area contributed by atoms with Gasteiger partial charge in [-0.2, -0.15) is 0 Å². The molecule has 0 aliphatic carbocycles. The Morgan fingerprint density at radius 2 is 0.667 bits per heavy atom. The van der Waals surface area contributed by atoms with Gasteiger partial charge in [-0.3, -0.25) is 0 Å². The number of unbranched alkanes of at least 4 members (excludes halogenated alkanes) is 23. The summed E-state index contributed by atoms with van der Waals surface area (Å²) in [5.74, 6) is 0. The average Bonchev–Trinajstić information content (AvgIpc) is 2.76. The fourth-order valence-electron chi connectivity index (χ4n) is 4.31. The van der Waals surface area contributed by atoms with Crippen LogP contribution in [0.3, 0.4) is 0 Å². The fourth-order valence-corrected chi connectivity index (χ4v) is 4.31. The Hall–Kier alpha value is -0.520. The Morgan fingerprint density at radius 1 is 0.367 bits per heavy atom. The summed E-state index contributed by atoms with van der Waals surface area (Å²) in [5.41, 5.74) is 0. The largest absolute Gasteiger partial charge is 0.103 e. The van der Waals surface area contributed by atoms with Gasteiger partial charge < -0.3 is 0 Å². The van der Waals surface area contributed by atoms with E-state index in [0.717, 1.165) is 6.42 Å². The molecule has 0 amide bonds. The van der Waals surface area contributed by atoms with Crippen LogP contribution in [0.4, 0.5) is 0 Å². The van der Waals surface area contributed by atoms with Gasteiger partial charge in [-0.25, -0.2) is 0 Å². The molecule has 0 heterocycles. The van der Waals surface area contributed by atoms with Crippen molar-refractivity contribution >= 4 is 0 Å². The van der Waals surface area contributed by atoms with Crippen molar-refractivity contribution in [2.24, 2.45) is 0 Å². The van der Waals surface area contributed by atoms with E-state index in [4.69, 9.17) is 0 Å². The van der Waals surface area contributed by atoms with Crippen molar-refractivity contribution in [1.82, 2.24) is 0 Å². The van der Waals surface area contributed by atoms with Gasteiger partial charge >= 0.3 is 0 Å². The zero-order valence-corrected chi connectivity index (χ0v) is 21.1. The monoisotopic (exact) mass is 418 g/mol. The molecule has 0 N–H and O–H groups in total. The molecule has 0 spiro atoms. The van der Waals surface area contributed by atoms with Crippen LogP contribution in [0.2, 0.25) is 0 Å². The van der Waals surface area contributed by atoms with Gasteiger partial charge in [0, 0.05) is 0 Å². The van der Waals surface area contributed by atoms with Crippen molar-refractivity contribution in [2.45, 2.75) is 167 Å². The Labute approximate surface area is 192 Å². The summed E-state index contributed by atoms with van der Waals surface area (Å²) >= 11 is 0. The first-order valence-electron chi connectivity index (χ1n) is 14.2. The third kappa shape index (κ3) is 27.5. The maximum atomic E-state index is 3.77. The van der Waals surface area contributed by atoms with Crippen LogP contribution < -0.4 is 0 Å². The topological polar surface area (TPSA) is 0 Å².